The van der Waals surface area contributed by atoms with Gasteiger partial charge in [-0.15, -0.1) is 0 Å². The topological polar surface area (TPSA) is 47.9 Å². The van der Waals surface area contributed by atoms with Crippen molar-refractivity contribution < 1.29 is 4.79 Å². The molecule has 2 aliphatic heterocycles. The summed E-state index contributed by atoms with van der Waals surface area (Å²) in [5.74, 6) is 0.241. The first-order chi connectivity index (χ1) is 9.72. The van der Waals surface area contributed by atoms with Crippen molar-refractivity contribution in [3.63, 3.8) is 0 Å². The van der Waals surface area contributed by atoms with E-state index in [1.54, 1.807) is 11.3 Å². The Labute approximate surface area is 123 Å². The fourth-order valence-electron chi connectivity index (χ4n) is 2.78. The number of piperazine rings is 1. The number of hydrazone groups is 1. The molecule has 5 nitrogen and oxygen atoms in total. The van der Waals surface area contributed by atoms with Crippen molar-refractivity contribution in [2.75, 3.05) is 39.8 Å². The molecule has 108 valence electrons. The quantitative estimate of drug-likeness (QED) is 0.898. The second kappa shape index (κ2) is 6.03. The van der Waals surface area contributed by atoms with Crippen molar-refractivity contribution in [1.82, 2.24) is 15.2 Å². The molecule has 1 atom stereocenters. The van der Waals surface area contributed by atoms with E-state index in [0.717, 1.165) is 44.0 Å². The summed E-state index contributed by atoms with van der Waals surface area (Å²) in [6, 6.07) is 2.08. The minimum absolute atomic E-state index is 0.0307. The number of amides is 1. The summed E-state index contributed by atoms with van der Waals surface area (Å²) < 4.78 is 0. The lowest BCUT2D eigenvalue weighted by atomic mass is 9.93. The Morgan fingerprint density at radius 3 is 2.90 bits per heavy atom. The summed E-state index contributed by atoms with van der Waals surface area (Å²) in [6.07, 6.45) is 0.543. The molecule has 20 heavy (non-hydrogen) atoms. The Balaban J connectivity index is 1.71. The number of carbonyl (C=O) groups is 1. The van der Waals surface area contributed by atoms with Crippen LogP contribution in [0.1, 0.15) is 12.0 Å². The summed E-state index contributed by atoms with van der Waals surface area (Å²) in [5, 5.41) is 8.46. The summed E-state index contributed by atoms with van der Waals surface area (Å²) in [7, 11) is 2.16. The van der Waals surface area contributed by atoms with E-state index >= 15 is 0 Å². The molecule has 0 radical (unpaired) electrons. The van der Waals surface area contributed by atoms with Gasteiger partial charge in [-0.25, -0.2) is 5.43 Å². The maximum Gasteiger partial charge on any atom is 0.240 e. The molecule has 1 saturated heterocycles. The van der Waals surface area contributed by atoms with Crippen molar-refractivity contribution in [2.45, 2.75) is 6.42 Å². The lowest BCUT2D eigenvalue weighted by molar-refractivity contribution is -0.122. The van der Waals surface area contributed by atoms with Crippen LogP contribution in [-0.4, -0.2) is 61.2 Å². The number of carbonyl (C=O) groups excluding carboxylic acids is 1. The molecular weight excluding hydrogens is 272 g/mol. The predicted molar refractivity (Wildman–Crippen MR) is 81.0 cm³/mol. The standard InChI is InChI=1S/C14H20N4OS/c1-17-3-5-18(6-4-17)9-12-8-13(19)15-16-14(12)11-2-7-20-10-11/h2,7,10,12H,3-6,8-9H2,1H3,(H,15,19). The van der Waals surface area contributed by atoms with E-state index in [0.29, 0.717) is 6.42 Å². The number of hydrogen-bond acceptors (Lipinski definition) is 5. The lowest BCUT2D eigenvalue weighted by Gasteiger charge is -2.35. The SMILES string of the molecule is CN1CCN(CC2CC(=O)NN=C2c2ccsc2)CC1. The van der Waals surface area contributed by atoms with Gasteiger partial charge in [0.1, 0.15) is 0 Å². The summed E-state index contributed by atoms with van der Waals surface area (Å²) in [6.45, 7) is 5.28. The molecule has 0 aromatic carbocycles. The van der Waals surface area contributed by atoms with Gasteiger partial charge in [0.05, 0.1) is 5.71 Å². The molecule has 0 aliphatic carbocycles. The van der Waals surface area contributed by atoms with Crippen molar-refractivity contribution in [3.8, 4) is 0 Å². The number of rotatable bonds is 3. The van der Waals surface area contributed by atoms with E-state index in [1.165, 1.54) is 0 Å². The number of nitrogens with zero attached hydrogens (tertiary/aromatic N) is 3. The molecule has 3 heterocycles. The van der Waals surface area contributed by atoms with Crippen LogP contribution in [-0.2, 0) is 4.79 Å². The highest BCUT2D eigenvalue weighted by Crippen LogP contribution is 2.20. The smallest absolute Gasteiger partial charge is 0.240 e. The maximum absolute atomic E-state index is 11.6. The number of hydrogen-bond donors (Lipinski definition) is 1. The van der Waals surface area contributed by atoms with Crippen LogP contribution in [0.3, 0.4) is 0 Å². The molecule has 1 aromatic heterocycles. The zero-order chi connectivity index (χ0) is 13.9. The minimum atomic E-state index is 0.0307. The Hall–Kier alpha value is -1.24. The van der Waals surface area contributed by atoms with E-state index in [2.05, 4.69) is 44.2 Å². The van der Waals surface area contributed by atoms with Gasteiger partial charge in [0, 0.05) is 50.6 Å². The first kappa shape index (κ1) is 13.7. The van der Waals surface area contributed by atoms with Crippen molar-refractivity contribution in [1.29, 1.82) is 0 Å². The number of likely N-dealkylation sites (N-methyl/N-ethyl adjacent to an activating group) is 1. The molecule has 6 heteroatoms. The van der Waals surface area contributed by atoms with E-state index in [4.69, 9.17) is 0 Å². The largest absolute Gasteiger partial charge is 0.304 e. The molecule has 0 spiro atoms. The summed E-state index contributed by atoms with van der Waals surface area (Å²) >= 11 is 1.67. The minimum Gasteiger partial charge on any atom is -0.304 e. The normalized spacial score (nSPS) is 25.4. The predicted octanol–water partition coefficient (Wildman–Crippen LogP) is 0.836. The van der Waals surface area contributed by atoms with Crippen LogP contribution in [0.4, 0.5) is 0 Å². The second-order valence-corrected chi connectivity index (χ2v) is 6.33. The van der Waals surface area contributed by atoms with Gasteiger partial charge in [0.2, 0.25) is 5.91 Å². The van der Waals surface area contributed by atoms with E-state index in [-0.39, 0.29) is 11.8 Å². The van der Waals surface area contributed by atoms with Gasteiger partial charge in [-0.05, 0) is 23.9 Å². The van der Waals surface area contributed by atoms with E-state index in [1.807, 2.05) is 0 Å². The Morgan fingerprint density at radius 2 is 2.20 bits per heavy atom. The third-order valence-corrected chi connectivity index (χ3v) is 4.69. The molecule has 1 N–H and O–H groups in total. The molecule has 1 amide bonds. The van der Waals surface area contributed by atoms with E-state index in [9.17, 15) is 4.79 Å². The molecule has 3 rings (SSSR count). The highest BCUT2D eigenvalue weighted by atomic mass is 32.1. The van der Waals surface area contributed by atoms with Crippen LogP contribution >= 0.6 is 11.3 Å². The van der Waals surface area contributed by atoms with Gasteiger partial charge < -0.3 is 9.80 Å². The Morgan fingerprint density at radius 1 is 1.40 bits per heavy atom. The number of thiophene rings is 1. The first-order valence-electron chi connectivity index (χ1n) is 7.02. The van der Waals surface area contributed by atoms with Crippen LogP contribution < -0.4 is 5.43 Å². The van der Waals surface area contributed by atoms with Crippen LogP contribution in [0.15, 0.2) is 21.9 Å². The zero-order valence-electron chi connectivity index (χ0n) is 11.7. The summed E-state index contributed by atoms with van der Waals surface area (Å²) in [4.78, 5) is 16.4. The van der Waals surface area contributed by atoms with Gasteiger partial charge >= 0.3 is 0 Å². The summed E-state index contributed by atoms with van der Waals surface area (Å²) in [5.41, 5.74) is 4.80. The molecule has 0 saturated carbocycles. The van der Waals surface area contributed by atoms with Crippen LogP contribution in [0.5, 0.6) is 0 Å². The van der Waals surface area contributed by atoms with Crippen molar-refractivity contribution in [2.24, 2.45) is 11.0 Å². The zero-order valence-corrected chi connectivity index (χ0v) is 12.5. The molecular formula is C14H20N4OS. The molecule has 1 fully saturated rings. The fraction of sp³-hybridized carbons (Fsp3) is 0.571. The van der Waals surface area contributed by atoms with Gasteiger partial charge in [-0.3, -0.25) is 4.79 Å². The Kier molecular flexibility index (Phi) is 4.14. The molecule has 1 aromatic rings. The number of nitrogens with one attached hydrogen (secondary N) is 1. The lowest BCUT2D eigenvalue weighted by Crippen LogP contribution is -2.48. The van der Waals surface area contributed by atoms with Gasteiger partial charge in [0.15, 0.2) is 0 Å². The van der Waals surface area contributed by atoms with Crippen molar-refractivity contribution in [3.05, 3.63) is 22.4 Å². The second-order valence-electron chi connectivity index (χ2n) is 5.55. The third-order valence-electron chi connectivity index (χ3n) is 4.01. The average molecular weight is 292 g/mol. The van der Waals surface area contributed by atoms with Crippen LogP contribution in [0.2, 0.25) is 0 Å². The van der Waals surface area contributed by atoms with Gasteiger partial charge in [-0.1, -0.05) is 0 Å². The third kappa shape index (κ3) is 3.08. The van der Waals surface area contributed by atoms with E-state index < -0.39 is 0 Å². The van der Waals surface area contributed by atoms with Crippen LogP contribution in [0.25, 0.3) is 0 Å². The first-order valence-corrected chi connectivity index (χ1v) is 7.96. The highest BCUT2D eigenvalue weighted by molar-refractivity contribution is 7.08. The Bertz CT molecular complexity index is 491. The fourth-order valence-corrected chi connectivity index (χ4v) is 3.43. The monoisotopic (exact) mass is 292 g/mol. The maximum atomic E-state index is 11.6. The molecule has 1 unspecified atom stereocenters. The molecule has 0 bridgehead atoms. The van der Waals surface area contributed by atoms with Crippen molar-refractivity contribution >= 4 is 23.0 Å². The van der Waals surface area contributed by atoms with Crippen LogP contribution in [0, 0.1) is 5.92 Å². The average Bonchev–Trinajstić information content (AvgIpc) is 2.95. The molecule has 2 aliphatic rings. The van der Waals surface area contributed by atoms with Gasteiger partial charge in [-0.2, -0.15) is 16.4 Å². The van der Waals surface area contributed by atoms with Gasteiger partial charge in [0.25, 0.3) is 0 Å². The highest BCUT2D eigenvalue weighted by Gasteiger charge is 2.28.